The molecule has 0 atom stereocenters. The number of hydrogen-bond donors (Lipinski definition) is 0. The molecule has 0 aliphatic heterocycles. The maximum Gasteiger partial charge on any atom is 0.248 e. The highest BCUT2D eigenvalue weighted by atomic mass is 35.5. The number of aromatic nitrogens is 2. The maximum atomic E-state index is 13.9. The van der Waals surface area contributed by atoms with Crippen molar-refractivity contribution >= 4 is 11.6 Å². The number of hydrogen-bond acceptors (Lipinski definition) is 5. The van der Waals surface area contributed by atoms with Crippen LogP contribution in [0, 0.1) is 5.82 Å². The van der Waals surface area contributed by atoms with E-state index >= 15 is 0 Å². The second-order valence-corrected chi connectivity index (χ2v) is 5.39. The number of rotatable bonds is 5. The molecule has 3 aromatic rings. The minimum atomic E-state index is -0.412. The van der Waals surface area contributed by atoms with E-state index in [0.29, 0.717) is 27.6 Å². The van der Waals surface area contributed by atoms with E-state index in [0.717, 1.165) is 0 Å². The standard InChI is InChI=1S/C17H14ClFN2O3/c1-22-11-6-10(7-12(8-11)23-2)17-21-20-16(24-17)9-13-14(18)4-3-5-15(13)19/h3-8H,9H2,1-2H3. The summed E-state index contributed by atoms with van der Waals surface area (Å²) in [6, 6.07) is 9.73. The second-order valence-electron chi connectivity index (χ2n) is 4.98. The van der Waals surface area contributed by atoms with E-state index < -0.39 is 5.82 Å². The van der Waals surface area contributed by atoms with Crippen LogP contribution in [0.5, 0.6) is 11.5 Å². The van der Waals surface area contributed by atoms with Gasteiger partial charge in [-0.1, -0.05) is 17.7 Å². The fourth-order valence-electron chi connectivity index (χ4n) is 2.23. The fraction of sp³-hybridized carbons (Fsp3) is 0.176. The molecule has 124 valence electrons. The molecule has 0 spiro atoms. The Balaban J connectivity index is 1.91. The summed E-state index contributed by atoms with van der Waals surface area (Å²) in [6.45, 7) is 0. The first-order valence-electron chi connectivity index (χ1n) is 7.09. The Hall–Kier alpha value is -2.60. The van der Waals surface area contributed by atoms with Crippen molar-refractivity contribution in [2.45, 2.75) is 6.42 Å². The van der Waals surface area contributed by atoms with Gasteiger partial charge in [0.2, 0.25) is 11.8 Å². The second kappa shape index (κ2) is 6.88. The quantitative estimate of drug-likeness (QED) is 0.693. The highest BCUT2D eigenvalue weighted by Crippen LogP contribution is 2.30. The molecule has 0 aliphatic rings. The van der Waals surface area contributed by atoms with Gasteiger partial charge in [-0.3, -0.25) is 0 Å². The molecule has 0 N–H and O–H groups in total. The Morgan fingerprint density at radius 3 is 2.42 bits per heavy atom. The lowest BCUT2D eigenvalue weighted by Crippen LogP contribution is -1.94. The van der Waals surface area contributed by atoms with Gasteiger partial charge in [0.25, 0.3) is 0 Å². The predicted octanol–water partition coefficient (Wildman–Crippen LogP) is 4.14. The molecule has 0 aliphatic carbocycles. The van der Waals surface area contributed by atoms with Gasteiger partial charge in [-0.05, 0) is 24.3 Å². The molecule has 5 nitrogen and oxygen atoms in total. The van der Waals surface area contributed by atoms with Crippen molar-refractivity contribution < 1.29 is 18.3 Å². The van der Waals surface area contributed by atoms with E-state index in [9.17, 15) is 4.39 Å². The molecule has 24 heavy (non-hydrogen) atoms. The number of ether oxygens (including phenoxy) is 2. The molecule has 0 radical (unpaired) electrons. The number of halogens is 2. The molecule has 0 saturated heterocycles. The van der Waals surface area contributed by atoms with Gasteiger partial charge in [0, 0.05) is 22.2 Å². The third-order valence-electron chi connectivity index (χ3n) is 3.45. The molecule has 0 bridgehead atoms. The van der Waals surface area contributed by atoms with Crippen LogP contribution in [0.25, 0.3) is 11.5 Å². The van der Waals surface area contributed by atoms with Gasteiger partial charge >= 0.3 is 0 Å². The lowest BCUT2D eigenvalue weighted by Gasteiger charge is -2.06. The van der Waals surface area contributed by atoms with E-state index in [2.05, 4.69) is 10.2 Å². The Morgan fingerprint density at radius 1 is 1.08 bits per heavy atom. The average Bonchev–Trinajstić information content (AvgIpc) is 3.06. The largest absolute Gasteiger partial charge is 0.497 e. The molecule has 3 rings (SSSR count). The zero-order valence-corrected chi connectivity index (χ0v) is 13.8. The van der Waals surface area contributed by atoms with Crippen LogP contribution in [0.1, 0.15) is 11.5 Å². The van der Waals surface area contributed by atoms with Crippen LogP contribution in [0.4, 0.5) is 4.39 Å². The molecule has 0 unspecified atom stereocenters. The van der Waals surface area contributed by atoms with Crippen LogP contribution < -0.4 is 9.47 Å². The topological polar surface area (TPSA) is 57.4 Å². The fourth-order valence-corrected chi connectivity index (χ4v) is 2.45. The van der Waals surface area contributed by atoms with Gasteiger partial charge in [0.15, 0.2) is 0 Å². The third-order valence-corrected chi connectivity index (χ3v) is 3.81. The van der Waals surface area contributed by atoms with Gasteiger partial charge < -0.3 is 13.9 Å². The minimum Gasteiger partial charge on any atom is -0.497 e. The predicted molar refractivity (Wildman–Crippen MR) is 87.1 cm³/mol. The molecule has 0 fully saturated rings. The Morgan fingerprint density at radius 2 is 1.79 bits per heavy atom. The van der Waals surface area contributed by atoms with Crippen molar-refractivity contribution in [2.75, 3.05) is 14.2 Å². The van der Waals surface area contributed by atoms with Crippen LogP contribution in [0.2, 0.25) is 5.02 Å². The normalized spacial score (nSPS) is 10.7. The van der Waals surface area contributed by atoms with Gasteiger partial charge in [0.05, 0.1) is 20.6 Å². The summed E-state index contributed by atoms with van der Waals surface area (Å²) < 4.78 is 29.9. The molecule has 1 heterocycles. The van der Waals surface area contributed by atoms with E-state index in [1.807, 2.05) is 0 Å². The van der Waals surface area contributed by atoms with Crippen molar-refractivity contribution in [3.05, 3.63) is 58.7 Å². The zero-order valence-electron chi connectivity index (χ0n) is 13.0. The third kappa shape index (κ3) is 3.33. The summed E-state index contributed by atoms with van der Waals surface area (Å²) in [4.78, 5) is 0. The van der Waals surface area contributed by atoms with Crippen LogP contribution in [0.15, 0.2) is 40.8 Å². The number of nitrogens with zero attached hydrogens (tertiary/aromatic N) is 2. The van der Waals surface area contributed by atoms with Crippen molar-refractivity contribution in [1.82, 2.24) is 10.2 Å². The minimum absolute atomic E-state index is 0.111. The molecule has 2 aromatic carbocycles. The summed E-state index contributed by atoms with van der Waals surface area (Å²) >= 11 is 6.02. The molecule has 1 aromatic heterocycles. The van der Waals surface area contributed by atoms with Crippen molar-refractivity contribution in [3.8, 4) is 23.0 Å². The average molecular weight is 349 g/mol. The Labute approximate surface area is 143 Å². The lowest BCUT2D eigenvalue weighted by molar-refractivity contribution is 0.394. The van der Waals surface area contributed by atoms with Gasteiger partial charge in [-0.2, -0.15) is 0 Å². The molecular weight excluding hydrogens is 335 g/mol. The lowest BCUT2D eigenvalue weighted by atomic mass is 10.1. The monoisotopic (exact) mass is 348 g/mol. The number of methoxy groups -OCH3 is 2. The van der Waals surface area contributed by atoms with E-state index in [-0.39, 0.29) is 18.2 Å². The maximum absolute atomic E-state index is 13.9. The van der Waals surface area contributed by atoms with Crippen LogP contribution >= 0.6 is 11.6 Å². The highest BCUT2D eigenvalue weighted by Gasteiger charge is 2.15. The molecule has 7 heteroatoms. The summed E-state index contributed by atoms with van der Waals surface area (Å²) in [6.07, 6.45) is 0.111. The summed E-state index contributed by atoms with van der Waals surface area (Å²) in [5.41, 5.74) is 0.960. The van der Waals surface area contributed by atoms with E-state index in [4.69, 9.17) is 25.5 Å². The smallest absolute Gasteiger partial charge is 0.248 e. The first kappa shape index (κ1) is 16.3. The first-order chi connectivity index (χ1) is 11.6. The molecule has 0 amide bonds. The highest BCUT2D eigenvalue weighted by molar-refractivity contribution is 6.31. The molecule has 0 saturated carbocycles. The number of benzene rings is 2. The van der Waals surface area contributed by atoms with Crippen molar-refractivity contribution in [1.29, 1.82) is 0 Å². The van der Waals surface area contributed by atoms with E-state index in [1.165, 1.54) is 6.07 Å². The molecular formula is C17H14ClFN2O3. The Kier molecular flexibility index (Phi) is 4.66. The van der Waals surface area contributed by atoms with Gasteiger partial charge in [-0.15, -0.1) is 10.2 Å². The van der Waals surface area contributed by atoms with Crippen molar-refractivity contribution in [3.63, 3.8) is 0 Å². The van der Waals surface area contributed by atoms with Gasteiger partial charge in [0.1, 0.15) is 17.3 Å². The zero-order chi connectivity index (χ0) is 17.1. The SMILES string of the molecule is COc1cc(OC)cc(-c2nnc(Cc3c(F)cccc3Cl)o2)c1. The summed E-state index contributed by atoms with van der Waals surface area (Å²) in [5, 5.41) is 8.27. The first-order valence-corrected chi connectivity index (χ1v) is 7.47. The van der Waals surface area contributed by atoms with Crippen molar-refractivity contribution in [2.24, 2.45) is 0 Å². The summed E-state index contributed by atoms with van der Waals surface area (Å²) in [5.74, 6) is 1.33. The van der Waals surface area contributed by atoms with Crippen LogP contribution in [0.3, 0.4) is 0 Å². The van der Waals surface area contributed by atoms with Gasteiger partial charge in [-0.25, -0.2) is 4.39 Å². The van der Waals surface area contributed by atoms with E-state index in [1.54, 1.807) is 44.6 Å². The summed E-state index contributed by atoms with van der Waals surface area (Å²) in [7, 11) is 3.11. The van der Waals surface area contributed by atoms with Crippen LogP contribution in [-0.4, -0.2) is 24.4 Å². The Bertz CT molecular complexity index is 824. The van der Waals surface area contributed by atoms with Crippen LogP contribution in [-0.2, 0) is 6.42 Å².